The van der Waals surface area contributed by atoms with Crippen molar-refractivity contribution < 1.29 is 14.3 Å². The summed E-state index contributed by atoms with van der Waals surface area (Å²) in [5, 5.41) is 3.72. The fraction of sp³-hybridized carbons (Fsp3) is 0.385. The molecular formula is C13H15Cl2NO3. The molecule has 0 spiro atoms. The molecule has 0 aliphatic rings. The average molecular weight is 304 g/mol. The first-order valence-corrected chi connectivity index (χ1v) is 6.49. The lowest BCUT2D eigenvalue weighted by molar-refractivity contribution is -0.152. The zero-order valence-corrected chi connectivity index (χ0v) is 12.4. The first-order chi connectivity index (χ1) is 8.81. The van der Waals surface area contributed by atoms with Crippen LogP contribution in [0.4, 0.5) is 0 Å². The fourth-order valence-corrected chi connectivity index (χ4v) is 2.14. The van der Waals surface area contributed by atoms with Crippen molar-refractivity contribution in [3.63, 3.8) is 0 Å². The maximum absolute atomic E-state index is 11.8. The molecule has 19 heavy (non-hydrogen) atoms. The summed E-state index contributed by atoms with van der Waals surface area (Å²) in [7, 11) is 0. The lowest BCUT2D eigenvalue weighted by Gasteiger charge is -2.18. The topological polar surface area (TPSA) is 55.4 Å². The predicted octanol–water partition coefficient (Wildman–Crippen LogP) is 3.12. The van der Waals surface area contributed by atoms with Crippen molar-refractivity contribution in [3.05, 3.63) is 33.8 Å². The highest BCUT2D eigenvalue weighted by Crippen LogP contribution is 2.26. The van der Waals surface area contributed by atoms with Crippen LogP contribution in [0.1, 0.15) is 32.4 Å². The van der Waals surface area contributed by atoms with E-state index < -0.39 is 12.1 Å². The van der Waals surface area contributed by atoms with E-state index in [1.54, 1.807) is 25.1 Å². The average Bonchev–Trinajstić information content (AvgIpc) is 2.27. The Morgan fingerprint density at radius 1 is 1.26 bits per heavy atom. The molecular weight excluding hydrogens is 289 g/mol. The van der Waals surface area contributed by atoms with Crippen molar-refractivity contribution in [1.82, 2.24) is 5.32 Å². The molecule has 1 rings (SSSR count). The second kappa shape index (κ2) is 6.78. The fourth-order valence-electron chi connectivity index (χ4n) is 1.56. The summed E-state index contributed by atoms with van der Waals surface area (Å²) < 4.78 is 4.79. The molecule has 2 atom stereocenters. The normalized spacial score (nSPS) is 13.5. The quantitative estimate of drug-likeness (QED) is 0.870. The third-order valence-electron chi connectivity index (χ3n) is 2.50. The van der Waals surface area contributed by atoms with Gasteiger partial charge in [-0.1, -0.05) is 29.3 Å². The van der Waals surface area contributed by atoms with Gasteiger partial charge in [0.15, 0.2) is 6.10 Å². The zero-order chi connectivity index (χ0) is 14.6. The summed E-state index contributed by atoms with van der Waals surface area (Å²) >= 11 is 11.9. The number of hydrogen-bond donors (Lipinski definition) is 1. The van der Waals surface area contributed by atoms with Crippen LogP contribution in [0.25, 0.3) is 0 Å². The Bertz CT molecular complexity index is 491. The Morgan fingerprint density at radius 2 is 1.89 bits per heavy atom. The van der Waals surface area contributed by atoms with E-state index in [1.165, 1.54) is 13.8 Å². The van der Waals surface area contributed by atoms with Crippen LogP contribution in [0.2, 0.25) is 10.0 Å². The molecule has 0 unspecified atom stereocenters. The van der Waals surface area contributed by atoms with E-state index in [0.717, 1.165) is 5.56 Å². The van der Waals surface area contributed by atoms with Gasteiger partial charge in [0, 0.05) is 17.0 Å². The van der Waals surface area contributed by atoms with E-state index in [2.05, 4.69) is 5.32 Å². The van der Waals surface area contributed by atoms with Gasteiger partial charge in [0.1, 0.15) is 0 Å². The number of hydrogen-bond acceptors (Lipinski definition) is 3. The smallest absolute Gasteiger partial charge is 0.303 e. The van der Waals surface area contributed by atoms with Gasteiger partial charge in [-0.15, -0.1) is 0 Å². The van der Waals surface area contributed by atoms with Gasteiger partial charge >= 0.3 is 5.97 Å². The van der Waals surface area contributed by atoms with Crippen molar-refractivity contribution in [3.8, 4) is 0 Å². The van der Waals surface area contributed by atoms with Gasteiger partial charge in [0.05, 0.1) is 6.04 Å². The van der Waals surface area contributed by atoms with E-state index in [0.29, 0.717) is 10.0 Å². The van der Waals surface area contributed by atoms with Crippen LogP contribution in [0, 0.1) is 0 Å². The Kier molecular flexibility index (Phi) is 5.63. The number of ether oxygens (including phenoxy) is 1. The van der Waals surface area contributed by atoms with Gasteiger partial charge in [-0.2, -0.15) is 0 Å². The maximum atomic E-state index is 11.8. The summed E-state index contributed by atoms with van der Waals surface area (Å²) in [4.78, 5) is 22.6. The second-order valence-electron chi connectivity index (χ2n) is 4.15. The molecule has 0 saturated carbocycles. The number of benzene rings is 1. The number of carbonyl (C=O) groups is 2. The van der Waals surface area contributed by atoms with Gasteiger partial charge in [0.25, 0.3) is 5.91 Å². The van der Waals surface area contributed by atoms with Gasteiger partial charge in [-0.05, 0) is 31.5 Å². The minimum atomic E-state index is -0.842. The summed E-state index contributed by atoms with van der Waals surface area (Å²) in [6.45, 7) is 4.55. The van der Waals surface area contributed by atoms with Crippen molar-refractivity contribution in [2.45, 2.75) is 32.9 Å². The first-order valence-electron chi connectivity index (χ1n) is 5.73. The highest BCUT2D eigenvalue weighted by molar-refractivity contribution is 6.35. The number of esters is 1. The minimum Gasteiger partial charge on any atom is -0.453 e. The number of halogens is 2. The Morgan fingerprint density at radius 3 is 2.42 bits per heavy atom. The number of rotatable bonds is 4. The highest BCUT2D eigenvalue weighted by atomic mass is 35.5. The van der Waals surface area contributed by atoms with E-state index in [1.807, 2.05) is 0 Å². The molecule has 0 fully saturated rings. The molecule has 0 saturated heterocycles. The van der Waals surface area contributed by atoms with Crippen molar-refractivity contribution in [2.75, 3.05) is 0 Å². The molecule has 1 aromatic carbocycles. The summed E-state index contributed by atoms with van der Waals surface area (Å²) in [5.74, 6) is -0.881. The van der Waals surface area contributed by atoms with Crippen molar-refractivity contribution in [1.29, 1.82) is 0 Å². The molecule has 0 aromatic heterocycles. The van der Waals surface area contributed by atoms with Crippen LogP contribution < -0.4 is 5.32 Å². The van der Waals surface area contributed by atoms with E-state index in [-0.39, 0.29) is 11.9 Å². The maximum Gasteiger partial charge on any atom is 0.303 e. The van der Waals surface area contributed by atoms with Crippen LogP contribution in [0.15, 0.2) is 18.2 Å². The lowest BCUT2D eigenvalue weighted by Crippen LogP contribution is -2.37. The third kappa shape index (κ3) is 4.73. The number of amides is 1. The second-order valence-corrected chi connectivity index (χ2v) is 4.99. The molecule has 0 heterocycles. The first kappa shape index (κ1) is 15.8. The summed E-state index contributed by atoms with van der Waals surface area (Å²) in [6, 6.07) is 4.74. The molecule has 0 aliphatic heterocycles. The molecule has 104 valence electrons. The monoisotopic (exact) mass is 303 g/mol. The van der Waals surface area contributed by atoms with Crippen molar-refractivity contribution in [2.24, 2.45) is 0 Å². The Balaban J connectivity index is 2.71. The van der Waals surface area contributed by atoms with Gasteiger partial charge in [-0.25, -0.2) is 0 Å². The molecule has 6 heteroatoms. The van der Waals surface area contributed by atoms with E-state index >= 15 is 0 Å². The zero-order valence-electron chi connectivity index (χ0n) is 10.9. The molecule has 0 bridgehead atoms. The molecule has 1 amide bonds. The third-order valence-corrected chi connectivity index (χ3v) is 3.06. The lowest BCUT2D eigenvalue weighted by atomic mass is 10.1. The van der Waals surface area contributed by atoms with Gasteiger partial charge in [-0.3, -0.25) is 9.59 Å². The summed E-state index contributed by atoms with van der Waals surface area (Å²) in [6.07, 6.45) is -0.842. The molecule has 1 aromatic rings. The highest BCUT2D eigenvalue weighted by Gasteiger charge is 2.19. The molecule has 0 aliphatic carbocycles. The van der Waals surface area contributed by atoms with E-state index in [4.69, 9.17) is 27.9 Å². The molecule has 4 nitrogen and oxygen atoms in total. The SMILES string of the molecule is CC(=O)O[C@@H](C)C(=O)N[C@@H](C)c1ccc(Cl)cc1Cl. The van der Waals surface area contributed by atoms with Crippen LogP contribution in [0.3, 0.4) is 0 Å². The van der Waals surface area contributed by atoms with E-state index in [9.17, 15) is 9.59 Å². The van der Waals surface area contributed by atoms with Gasteiger partial charge < -0.3 is 10.1 Å². The van der Waals surface area contributed by atoms with Crippen LogP contribution in [0.5, 0.6) is 0 Å². The Labute approximate surface area is 122 Å². The standard InChI is InChI=1S/C13H15Cl2NO3/c1-7(11-5-4-10(14)6-12(11)15)16-13(18)8(2)19-9(3)17/h4-8H,1-3H3,(H,16,18)/t7-,8-/m0/s1. The predicted molar refractivity (Wildman–Crippen MR) is 74.2 cm³/mol. The van der Waals surface area contributed by atoms with Crippen LogP contribution >= 0.6 is 23.2 Å². The number of carbonyl (C=O) groups excluding carboxylic acids is 2. The van der Waals surface area contributed by atoms with Crippen molar-refractivity contribution >= 4 is 35.1 Å². The largest absolute Gasteiger partial charge is 0.453 e. The Hall–Kier alpha value is -1.26. The number of nitrogens with one attached hydrogen (secondary N) is 1. The van der Waals surface area contributed by atoms with Gasteiger partial charge in [0.2, 0.25) is 0 Å². The van der Waals surface area contributed by atoms with Crippen LogP contribution in [-0.2, 0) is 14.3 Å². The van der Waals surface area contributed by atoms with Crippen LogP contribution in [-0.4, -0.2) is 18.0 Å². The minimum absolute atomic E-state index is 0.310. The molecule has 0 radical (unpaired) electrons. The summed E-state index contributed by atoms with van der Waals surface area (Å²) in [5.41, 5.74) is 0.745. The molecule has 1 N–H and O–H groups in total.